The zero-order valence-corrected chi connectivity index (χ0v) is 10.6. The smallest absolute Gasteiger partial charge is 0.282 e. The number of amides is 1. The normalized spacial score (nSPS) is 10.4. The van der Waals surface area contributed by atoms with Gasteiger partial charge in [-0.1, -0.05) is 11.3 Å². The summed E-state index contributed by atoms with van der Waals surface area (Å²) in [6.07, 6.45) is 1.74. The van der Waals surface area contributed by atoms with Crippen LogP contribution < -0.4 is 5.32 Å². The summed E-state index contributed by atoms with van der Waals surface area (Å²) in [5.41, 5.74) is 0. The molecule has 0 atom stereocenters. The van der Waals surface area contributed by atoms with Crippen molar-refractivity contribution in [2.45, 2.75) is 13.5 Å². The van der Waals surface area contributed by atoms with Gasteiger partial charge in [0, 0.05) is 11.1 Å². The molecule has 1 amide bonds. The molecule has 0 unspecified atom stereocenters. The van der Waals surface area contributed by atoms with E-state index in [0.717, 1.165) is 21.2 Å². The van der Waals surface area contributed by atoms with Crippen LogP contribution in [0.15, 0.2) is 6.20 Å². The number of hydrogen-bond acceptors (Lipinski definition) is 6. The number of aryl methyl sites for hydroxylation is 1. The Hall–Kier alpha value is -1.05. The minimum Gasteiger partial charge on any atom is -0.345 e. The van der Waals surface area contributed by atoms with Crippen LogP contribution >= 0.6 is 34.3 Å². The second-order valence-corrected chi connectivity index (χ2v) is 5.77. The zero-order valence-electron chi connectivity index (χ0n) is 8.23. The van der Waals surface area contributed by atoms with E-state index in [9.17, 15) is 4.79 Å². The predicted octanol–water partition coefficient (Wildman–Crippen LogP) is 1.89. The lowest BCUT2D eigenvalue weighted by atomic mass is 10.5. The topological polar surface area (TPSA) is 67.8 Å². The van der Waals surface area contributed by atoms with Crippen LogP contribution in [0.5, 0.6) is 0 Å². The maximum Gasteiger partial charge on any atom is 0.282 e. The summed E-state index contributed by atoms with van der Waals surface area (Å²) >= 11 is 8.18. The summed E-state index contributed by atoms with van der Waals surface area (Å²) in [5, 5.41) is 11.2. The number of nitrogens with zero attached hydrogens (tertiary/aromatic N) is 3. The molecular weight excluding hydrogens is 268 g/mol. The van der Waals surface area contributed by atoms with Crippen LogP contribution in [0.3, 0.4) is 0 Å². The van der Waals surface area contributed by atoms with Crippen LogP contribution in [0.25, 0.3) is 0 Å². The van der Waals surface area contributed by atoms with Gasteiger partial charge in [-0.15, -0.1) is 21.5 Å². The van der Waals surface area contributed by atoms with Gasteiger partial charge in [-0.3, -0.25) is 4.79 Å². The number of aromatic nitrogens is 3. The van der Waals surface area contributed by atoms with E-state index >= 15 is 0 Å². The van der Waals surface area contributed by atoms with Gasteiger partial charge in [0.25, 0.3) is 5.91 Å². The van der Waals surface area contributed by atoms with Crippen molar-refractivity contribution in [1.29, 1.82) is 0 Å². The van der Waals surface area contributed by atoms with Crippen molar-refractivity contribution < 1.29 is 4.79 Å². The summed E-state index contributed by atoms with van der Waals surface area (Å²) in [4.78, 5) is 16.7. The maximum absolute atomic E-state index is 11.6. The molecule has 0 spiro atoms. The number of thiazole rings is 1. The fourth-order valence-electron chi connectivity index (χ4n) is 1.03. The summed E-state index contributed by atoms with van der Waals surface area (Å²) in [6.45, 7) is 2.36. The molecule has 1 N–H and O–H groups in total. The van der Waals surface area contributed by atoms with Gasteiger partial charge in [-0.25, -0.2) is 4.98 Å². The third kappa shape index (κ3) is 2.75. The van der Waals surface area contributed by atoms with Crippen LogP contribution in [0.2, 0.25) is 4.47 Å². The van der Waals surface area contributed by atoms with Gasteiger partial charge in [0.15, 0.2) is 0 Å². The highest BCUT2D eigenvalue weighted by Crippen LogP contribution is 2.15. The van der Waals surface area contributed by atoms with Gasteiger partial charge in [0.2, 0.25) is 9.47 Å². The van der Waals surface area contributed by atoms with Crippen LogP contribution in [0.4, 0.5) is 0 Å². The molecule has 2 aromatic rings. The van der Waals surface area contributed by atoms with Crippen molar-refractivity contribution in [2.24, 2.45) is 0 Å². The highest BCUT2D eigenvalue weighted by atomic mass is 35.5. The molecule has 0 aromatic carbocycles. The first kappa shape index (κ1) is 11.4. The first-order valence-corrected chi connectivity index (χ1v) is 6.35. The minimum absolute atomic E-state index is 0.263. The lowest BCUT2D eigenvalue weighted by Gasteiger charge is -1.98. The Labute approximate surface area is 105 Å². The van der Waals surface area contributed by atoms with E-state index in [2.05, 4.69) is 20.5 Å². The van der Waals surface area contributed by atoms with Gasteiger partial charge < -0.3 is 5.32 Å². The zero-order chi connectivity index (χ0) is 11.5. The van der Waals surface area contributed by atoms with E-state index in [4.69, 9.17) is 11.6 Å². The monoisotopic (exact) mass is 274 g/mol. The number of rotatable bonds is 3. The summed E-state index contributed by atoms with van der Waals surface area (Å²) in [6, 6.07) is 0. The Morgan fingerprint density at radius 3 is 2.88 bits per heavy atom. The highest BCUT2D eigenvalue weighted by Gasteiger charge is 2.11. The standard InChI is InChI=1S/C8H7ClN4OS2/c1-4-10-2-5(15-4)3-11-6(14)7-12-13-8(9)16-7/h2H,3H2,1H3,(H,11,14). The Morgan fingerprint density at radius 2 is 2.31 bits per heavy atom. The molecule has 2 aromatic heterocycles. The molecule has 0 bridgehead atoms. The molecule has 16 heavy (non-hydrogen) atoms. The van der Waals surface area contributed by atoms with Crippen molar-refractivity contribution in [2.75, 3.05) is 0 Å². The molecule has 0 saturated heterocycles. The fourth-order valence-corrected chi connectivity index (χ4v) is 2.51. The third-order valence-electron chi connectivity index (χ3n) is 1.69. The first-order chi connectivity index (χ1) is 7.65. The molecule has 2 rings (SSSR count). The summed E-state index contributed by atoms with van der Waals surface area (Å²) in [5.74, 6) is -0.268. The van der Waals surface area contributed by atoms with E-state index in [-0.39, 0.29) is 15.4 Å². The van der Waals surface area contributed by atoms with Crippen molar-refractivity contribution in [3.63, 3.8) is 0 Å². The first-order valence-electron chi connectivity index (χ1n) is 4.33. The van der Waals surface area contributed by atoms with E-state index in [1.54, 1.807) is 17.5 Å². The largest absolute Gasteiger partial charge is 0.345 e. The van der Waals surface area contributed by atoms with Crippen molar-refractivity contribution in [1.82, 2.24) is 20.5 Å². The molecule has 0 fully saturated rings. The number of carbonyl (C=O) groups is 1. The van der Waals surface area contributed by atoms with Crippen LogP contribution in [0.1, 0.15) is 19.7 Å². The van der Waals surface area contributed by atoms with Gasteiger partial charge in [-0.05, 0) is 18.5 Å². The molecule has 0 aliphatic carbocycles. The Morgan fingerprint density at radius 1 is 1.50 bits per heavy atom. The molecule has 0 aliphatic rings. The quantitative estimate of drug-likeness (QED) is 0.928. The lowest BCUT2D eigenvalue weighted by molar-refractivity contribution is 0.0950. The van der Waals surface area contributed by atoms with Gasteiger partial charge in [0.05, 0.1) is 11.6 Å². The van der Waals surface area contributed by atoms with Crippen LogP contribution in [-0.2, 0) is 6.54 Å². The summed E-state index contributed by atoms with van der Waals surface area (Å²) in [7, 11) is 0. The predicted molar refractivity (Wildman–Crippen MR) is 62.9 cm³/mol. The highest BCUT2D eigenvalue weighted by molar-refractivity contribution is 7.17. The number of hydrogen-bond donors (Lipinski definition) is 1. The maximum atomic E-state index is 11.6. The van der Waals surface area contributed by atoms with Crippen molar-refractivity contribution in [3.8, 4) is 0 Å². The molecule has 5 nitrogen and oxygen atoms in total. The van der Waals surface area contributed by atoms with E-state index in [0.29, 0.717) is 6.54 Å². The lowest BCUT2D eigenvalue weighted by Crippen LogP contribution is -2.22. The molecular formula is C8H7ClN4OS2. The summed E-state index contributed by atoms with van der Waals surface area (Å²) < 4.78 is 0.263. The average Bonchev–Trinajstić information content (AvgIpc) is 2.84. The SMILES string of the molecule is Cc1ncc(CNC(=O)c2nnc(Cl)s2)s1. The van der Waals surface area contributed by atoms with Crippen LogP contribution in [0, 0.1) is 6.92 Å². The van der Waals surface area contributed by atoms with E-state index in [1.165, 1.54) is 0 Å². The molecule has 0 radical (unpaired) electrons. The number of nitrogens with one attached hydrogen (secondary N) is 1. The van der Waals surface area contributed by atoms with Crippen LogP contribution in [-0.4, -0.2) is 21.1 Å². The third-order valence-corrected chi connectivity index (χ3v) is 3.62. The second kappa shape index (κ2) is 4.86. The van der Waals surface area contributed by atoms with Gasteiger partial charge in [0.1, 0.15) is 0 Å². The molecule has 2 heterocycles. The van der Waals surface area contributed by atoms with Crippen molar-refractivity contribution >= 4 is 40.2 Å². The molecule has 84 valence electrons. The van der Waals surface area contributed by atoms with E-state index < -0.39 is 0 Å². The Kier molecular flexibility index (Phi) is 3.47. The fraction of sp³-hybridized carbons (Fsp3) is 0.250. The average molecular weight is 275 g/mol. The molecule has 0 saturated carbocycles. The van der Waals surface area contributed by atoms with Crippen molar-refractivity contribution in [3.05, 3.63) is 25.6 Å². The van der Waals surface area contributed by atoms with Gasteiger partial charge >= 0.3 is 0 Å². The second-order valence-electron chi connectivity index (χ2n) is 2.89. The van der Waals surface area contributed by atoms with Gasteiger partial charge in [-0.2, -0.15) is 0 Å². The molecule has 0 aliphatic heterocycles. The Bertz CT molecular complexity index is 510. The Balaban J connectivity index is 1.93. The number of carbonyl (C=O) groups excluding carboxylic acids is 1. The molecule has 8 heteroatoms. The minimum atomic E-state index is -0.268. The number of halogens is 1. The van der Waals surface area contributed by atoms with E-state index in [1.807, 2.05) is 6.92 Å².